The Morgan fingerprint density at radius 1 is 1.04 bits per heavy atom. The Balaban J connectivity index is 1.63. The zero-order valence-electron chi connectivity index (χ0n) is 13.5. The summed E-state index contributed by atoms with van der Waals surface area (Å²) in [7, 11) is 0. The van der Waals surface area contributed by atoms with Crippen LogP contribution in [0.5, 0.6) is 0 Å². The van der Waals surface area contributed by atoms with Crippen LogP contribution in [0.2, 0.25) is 0 Å². The summed E-state index contributed by atoms with van der Waals surface area (Å²) in [4.78, 5) is 11.3. The van der Waals surface area contributed by atoms with Gasteiger partial charge in [0.15, 0.2) is 5.78 Å². The van der Waals surface area contributed by atoms with E-state index in [1.165, 1.54) is 6.42 Å². The first kappa shape index (κ1) is 15.9. The van der Waals surface area contributed by atoms with Gasteiger partial charge in [-0.2, -0.15) is 0 Å². The summed E-state index contributed by atoms with van der Waals surface area (Å²) in [6.07, 6.45) is 3.51. The highest BCUT2D eigenvalue weighted by atomic mass is 16.5. The van der Waals surface area contributed by atoms with Crippen molar-refractivity contribution >= 4 is 5.78 Å². The molecule has 0 aromatic heterocycles. The minimum absolute atomic E-state index is 0.0918. The molecule has 0 saturated heterocycles. The average molecular weight is 309 g/mol. The van der Waals surface area contributed by atoms with Crippen LogP contribution in [-0.2, 0) is 11.3 Å². The Bertz CT molecular complexity index is 661. The molecule has 3 nitrogen and oxygen atoms in total. The molecule has 1 fully saturated rings. The highest BCUT2D eigenvalue weighted by Gasteiger charge is 2.24. The van der Waals surface area contributed by atoms with Gasteiger partial charge in [0, 0.05) is 11.6 Å². The second-order valence-corrected chi connectivity index (χ2v) is 6.27. The van der Waals surface area contributed by atoms with Crippen LogP contribution in [0, 0.1) is 0 Å². The monoisotopic (exact) mass is 309 g/mol. The molecule has 2 N–H and O–H groups in total. The van der Waals surface area contributed by atoms with Crippen LogP contribution in [0.15, 0.2) is 48.5 Å². The Hall–Kier alpha value is -1.97. The van der Waals surface area contributed by atoms with E-state index in [1.807, 2.05) is 24.3 Å². The molecule has 1 aliphatic rings. The molecule has 1 unspecified atom stereocenters. The van der Waals surface area contributed by atoms with Gasteiger partial charge < -0.3 is 10.5 Å². The summed E-state index contributed by atoms with van der Waals surface area (Å²) in [5, 5.41) is 0. The predicted molar refractivity (Wildman–Crippen MR) is 92.3 cm³/mol. The van der Waals surface area contributed by atoms with Crippen molar-refractivity contribution in [2.75, 3.05) is 0 Å². The van der Waals surface area contributed by atoms with Crippen molar-refractivity contribution in [1.82, 2.24) is 0 Å². The Morgan fingerprint density at radius 2 is 1.65 bits per heavy atom. The Kier molecular flexibility index (Phi) is 4.89. The van der Waals surface area contributed by atoms with E-state index in [0.29, 0.717) is 6.61 Å². The van der Waals surface area contributed by atoms with Gasteiger partial charge in [0.25, 0.3) is 0 Å². The van der Waals surface area contributed by atoms with Crippen LogP contribution in [-0.4, -0.2) is 17.9 Å². The number of nitrogens with two attached hydrogens (primary N) is 1. The van der Waals surface area contributed by atoms with Gasteiger partial charge in [-0.25, -0.2) is 0 Å². The molecule has 0 spiro atoms. The maximum atomic E-state index is 11.3. The smallest absolute Gasteiger partial charge is 0.159 e. The van der Waals surface area contributed by atoms with Gasteiger partial charge in [-0.05, 0) is 42.9 Å². The van der Waals surface area contributed by atoms with Crippen LogP contribution in [0.3, 0.4) is 0 Å². The third kappa shape index (κ3) is 3.87. The lowest BCUT2D eigenvalue weighted by atomic mass is 10.0. The molecule has 0 aliphatic heterocycles. The standard InChI is InChI=1S/C20H23NO2/c1-14(22)16-9-11-18(12-10-16)17-7-5-15(6-8-17)13-23-20-4-2-3-19(20)21/h5-12,19-20H,2-4,13,21H2,1H3/t19-,20?/m0/s1. The van der Waals surface area contributed by atoms with Gasteiger partial charge in [-0.3, -0.25) is 4.79 Å². The number of ketones is 1. The SMILES string of the molecule is CC(=O)c1ccc(-c2ccc(COC3CCC[C@@H]3N)cc2)cc1. The highest BCUT2D eigenvalue weighted by Crippen LogP contribution is 2.23. The van der Waals surface area contributed by atoms with Crippen molar-refractivity contribution in [1.29, 1.82) is 0 Å². The Morgan fingerprint density at radius 3 is 2.17 bits per heavy atom. The number of Topliss-reactive ketones (excluding diaryl/α,β-unsaturated/α-hetero) is 1. The maximum Gasteiger partial charge on any atom is 0.159 e. The first-order chi connectivity index (χ1) is 11.1. The maximum absolute atomic E-state index is 11.3. The van der Waals surface area contributed by atoms with E-state index in [0.717, 1.165) is 35.1 Å². The van der Waals surface area contributed by atoms with Crippen LogP contribution in [0.4, 0.5) is 0 Å². The molecule has 3 heteroatoms. The van der Waals surface area contributed by atoms with E-state index < -0.39 is 0 Å². The van der Waals surface area contributed by atoms with E-state index in [9.17, 15) is 4.79 Å². The number of rotatable bonds is 5. The highest BCUT2D eigenvalue weighted by molar-refractivity contribution is 5.94. The van der Waals surface area contributed by atoms with Crippen molar-refractivity contribution in [2.45, 2.75) is 44.9 Å². The van der Waals surface area contributed by atoms with Gasteiger partial charge in [0.2, 0.25) is 0 Å². The number of carbonyl (C=O) groups excluding carboxylic acids is 1. The number of hydrogen-bond donors (Lipinski definition) is 1. The van der Waals surface area contributed by atoms with Crippen LogP contribution in [0.1, 0.15) is 42.1 Å². The summed E-state index contributed by atoms with van der Waals surface area (Å²) < 4.78 is 5.93. The molecule has 0 bridgehead atoms. The van der Waals surface area contributed by atoms with E-state index in [1.54, 1.807) is 6.92 Å². The molecule has 1 saturated carbocycles. The summed E-state index contributed by atoms with van der Waals surface area (Å²) in [5.74, 6) is 0.0918. The quantitative estimate of drug-likeness (QED) is 0.851. The number of carbonyl (C=O) groups is 1. The first-order valence-electron chi connectivity index (χ1n) is 8.21. The largest absolute Gasteiger partial charge is 0.372 e. The normalized spacial score (nSPS) is 20.6. The summed E-state index contributed by atoms with van der Waals surface area (Å²) >= 11 is 0. The lowest BCUT2D eigenvalue weighted by molar-refractivity contribution is 0.0357. The van der Waals surface area contributed by atoms with E-state index in [-0.39, 0.29) is 17.9 Å². The molecule has 2 aromatic carbocycles. The molecular formula is C20H23NO2. The minimum atomic E-state index is 0.0918. The molecule has 0 amide bonds. The molecule has 3 rings (SSSR count). The van der Waals surface area contributed by atoms with E-state index in [2.05, 4.69) is 24.3 Å². The number of hydrogen-bond acceptors (Lipinski definition) is 3. The fourth-order valence-electron chi connectivity index (χ4n) is 3.06. The van der Waals surface area contributed by atoms with Crippen molar-refractivity contribution < 1.29 is 9.53 Å². The zero-order valence-corrected chi connectivity index (χ0v) is 13.5. The van der Waals surface area contributed by atoms with Gasteiger partial charge >= 0.3 is 0 Å². The van der Waals surface area contributed by atoms with Gasteiger partial charge in [0.05, 0.1) is 12.7 Å². The lowest BCUT2D eigenvalue weighted by Gasteiger charge is -2.16. The van der Waals surface area contributed by atoms with E-state index in [4.69, 9.17) is 10.5 Å². The fourth-order valence-corrected chi connectivity index (χ4v) is 3.06. The third-order valence-electron chi connectivity index (χ3n) is 4.55. The zero-order chi connectivity index (χ0) is 16.2. The summed E-state index contributed by atoms with van der Waals surface area (Å²) in [6, 6.07) is 16.3. The molecule has 0 radical (unpaired) electrons. The van der Waals surface area contributed by atoms with Gasteiger partial charge in [-0.1, -0.05) is 48.5 Å². The Labute approximate surface area is 137 Å². The second-order valence-electron chi connectivity index (χ2n) is 6.27. The van der Waals surface area contributed by atoms with Crippen molar-refractivity contribution in [3.8, 4) is 11.1 Å². The first-order valence-corrected chi connectivity index (χ1v) is 8.21. The molecular weight excluding hydrogens is 286 g/mol. The molecule has 23 heavy (non-hydrogen) atoms. The van der Waals surface area contributed by atoms with Crippen molar-refractivity contribution in [3.63, 3.8) is 0 Å². The molecule has 1 aliphatic carbocycles. The van der Waals surface area contributed by atoms with Crippen LogP contribution < -0.4 is 5.73 Å². The van der Waals surface area contributed by atoms with E-state index >= 15 is 0 Å². The topological polar surface area (TPSA) is 52.3 Å². The predicted octanol–water partition coefficient (Wildman–Crippen LogP) is 3.95. The molecule has 120 valence electrons. The lowest BCUT2D eigenvalue weighted by Crippen LogP contribution is -2.31. The molecule has 2 aromatic rings. The number of ether oxygens (including phenoxy) is 1. The minimum Gasteiger partial charge on any atom is -0.372 e. The molecule has 0 heterocycles. The summed E-state index contributed by atoms with van der Waals surface area (Å²) in [6.45, 7) is 2.20. The van der Waals surface area contributed by atoms with Crippen molar-refractivity contribution in [2.24, 2.45) is 5.73 Å². The third-order valence-corrected chi connectivity index (χ3v) is 4.55. The number of benzene rings is 2. The molecule has 2 atom stereocenters. The van der Waals surface area contributed by atoms with Crippen molar-refractivity contribution in [3.05, 3.63) is 59.7 Å². The van der Waals surface area contributed by atoms with Crippen LogP contribution >= 0.6 is 0 Å². The second kappa shape index (κ2) is 7.07. The van der Waals surface area contributed by atoms with Gasteiger partial charge in [0.1, 0.15) is 0 Å². The fraction of sp³-hybridized carbons (Fsp3) is 0.350. The van der Waals surface area contributed by atoms with Gasteiger partial charge in [-0.15, -0.1) is 0 Å². The average Bonchev–Trinajstić information content (AvgIpc) is 2.99. The summed E-state index contributed by atoms with van der Waals surface area (Å²) in [5.41, 5.74) is 10.2. The van der Waals surface area contributed by atoms with Crippen LogP contribution in [0.25, 0.3) is 11.1 Å².